The van der Waals surface area contributed by atoms with Gasteiger partial charge in [-0.2, -0.15) is 9.57 Å². The molecule has 2 aliphatic rings. The summed E-state index contributed by atoms with van der Waals surface area (Å²) in [5.74, 6) is 0. The summed E-state index contributed by atoms with van der Waals surface area (Å²) < 4.78 is 26.8. The number of hydrogen-bond acceptors (Lipinski definition) is 5. The number of nitrogens with zero attached hydrogens (tertiary/aromatic N) is 3. The summed E-state index contributed by atoms with van der Waals surface area (Å²) in [5.41, 5.74) is 6.12. The van der Waals surface area contributed by atoms with Crippen LogP contribution in [0, 0.1) is 11.3 Å². The lowest BCUT2D eigenvalue weighted by atomic mass is 10.2. The molecule has 21 heavy (non-hydrogen) atoms. The zero-order valence-electron chi connectivity index (χ0n) is 11.7. The zero-order chi connectivity index (χ0) is 15.0. The van der Waals surface area contributed by atoms with Crippen LogP contribution in [0.5, 0.6) is 0 Å². The molecule has 0 aromatic heterocycles. The molecule has 0 bridgehead atoms. The van der Waals surface area contributed by atoms with Crippen LogP contribution in [-0.2, 0) is 10.0 Å². The number of anilines is 1. The van der Waals surface area contributed by atoms with Crippen LogP contribution < -0.4 is 5.73 Å². The molecule has 0 radical (unpaired) electrons. The lowest BCUT2D eigenvalue weighted by molar-refractivity contribution is 0.180. The van der Waals surface area contributed by atoms with Crippen molar-refractivity contribution in [1.29, 1.82) is 5.26 Å². The van der Waals surface area contributed by atoms with Crippen LogP contribution in [0.25, 0.3) is 0 Å². The lowest BCUT2D eigenvalue weighted by Crippen LogP contribution is -2.49. The molecule has 1 aromatic rings. The van der Waals surface area contributed by atoms with Crippen molar-refractivity contribution < 1.29 is 8.42 Å². The molecule has 0 amide bonds. The molecule has 0 spiro atoms. The Morgan fingerprint density at radius 2 is 1.86 bits per heavy atom. The van der Waals surface area contributed by atoms with Crippen LogP contribution in [0.4, 0.5) is 5.69 Å². The molecule has 3 rings (SSSR count). The van der Waals surface area contributed by atoms with Crippen LogP contribution in [0.1, 0.15) is 18.4 Å². The maximum Gasteiger partial charge on any atom is 0.244 e. The van der Waals surface area contributed by atoms with Crippen molar-refractivity contribution in [2.24, 2.45) is 0 Å². The van der Waals surface area contributed by atoms with E-state index in [9.17, 15) is 8.42 Å². The molecule has 1 heterocycles. The van der Waals surface area contributed by atoms with Crippen molar-refractivity contribution in [2.75, 3.05) is 31.9 Å². The average Bonchev–Trinajstić information content (AvgIpc) is 3.31. The van der Waals surface area contributed by atoms with Gasteiger partial charge in [-0.25, -0.2) is 8.42 Å². The molecule has 1 aromatic carbocycles. The summed E-state index contributed by atoms with van der Waals surface area (Å²) in [7, 11) is -3.62. The van der Waals surface area contributed by atoms with Crippen molar-refractivity contribution in [1.82, 2.24) is 9.21 Å². The predicted octanol–water partition coefficient (Wildman–Crippen LogP) is 0.609. The Morgan fingerprint density at radius 3 is 2.43 bits per heavy atom. The Labute approximate surface area is 124 Å². The third-order valence-electron chi connectivity index (χ3n) is 4.08. The van der Waals surface area contributed by atoms with Gasteiger partial charge in [0.25, 0.3) is 0 Å². The molecule has 1 aliphatic heterocycles. The minimum Gasteiger partial charge on any atom is -0.399 e. The minimum absolute atomic E-state index is 0.0547. The first-order valence-corrected chi connectivity index (χ1v) is 8.50. The Bertz CT molecular complexity index is 683. The second-order valence-corrected chi connectivity index (χ2v) is 7.44. The second kappa shape index (κ2) is 5.30. The Morgan fingerprint density at radius 1 is 1.19 bits per heavy atom. The van der Waals surface area contributed by atoms with E-state index in [0.717, 1.165) is 13.1 Å². The second-order valence-electron chi connectivity index (χ2n) is 5.54. The highest BCUT2D eigenvalue weighted by Crippen LogP contribution is 2.29. The number of nitrogens with two attached hydrogens (primary N) is 1. The van der Waals surface area contributed by atoms with Crippen molar-refractivity contribution in [3.05, 3.63) is 23.8 Å². The molecule has 1 saturated heterocycles. The van der Waals surface area contributed by atoms with Gasteiger partial charge in [0, 0.05) is 37.9 Å². The third-order valence-corrected chi connectivity index (χ3v) is 6.04. The smallest absolute Gasteiger partial charge is 0.244 e. The topological polar surface area (TPSA) is 90.4 Å². The van der Waals surface area contributed by atoms with E-state index in [1.54, 1.807) is 0 Å². The third kappa shape index (κ3) is 2.75. The monoisotopic (exact) mass is 306 g/mol. The standard InChI is InChI=1S/C14H18N4O2S/c15-10-11-9-12(16)1-4-14(11)21(19,20)18-7-5-17(6-8-18)13-2-3-13/h1,4,9,13H,2-3,5-8,16H2. The molecule has 2 fully saturated rings. The van der Waals surface area contributed by atoms with E-state index in [1.165, 1.54) is 35.3 Å². The number of nitrogen functional groups attached to an aromatic ring is 1. The summed E-state index contributed by atoms with van der Waals surface area (Å²) in [6.45, 7) is 2.49. The van der Waals surface area contributed by atoms with Gasteiger partial charge in [0.05, 0.1) is 5.56 Å². The van der Waals surface area contributed by atoms with E-state index in [4.69, 9.17) is 11.0 Å². The summed E-state index contributed by atoms with van der Waals surface area (Å²) in [6.07, 6.45) is 2.45. The lowest BCUT2D eigenvalue weighted by Gasteiger charge is -2.34. The largest absolute Gasteiger partial charge is 0.399 e. The van der Waals surface area contributed by atoms with Gasteiger partial charge in [0.1, 0.15) is 11.0 Å². The van der Waals surface area contributed by atoms with Gasteiger partial charge in [-0.15, -0.1) is 0 Å². The molecule has 1 aliphatic carbocycles. The highest BCUT2D eigenvalue weighted by Gasteiger charge is 2.35. The Kier molecular flexibility index (Phi) is 3.61. The summed E-state index contributed by atoms with van der Waals surface area (Å²) in [5, 5.41) is 9.13. The Balaban J connectivity index is 1.82. The van der Waals surface area contributed by atoms with Crippen LogP contribution >= 0.6 is 0 Å². The molecule has 7 heteroatoms. The van der Waals surface area contributed by atoms with Gasteiger partial charge < -0.3 is 5.73 Å². The van der Waals surface area contributed by atoms with Crippen LogP contribution in [0.2, 0.25) is 0 Å². The van der Waals surface area contributed by atoms with Crippen molar-refractivity contribution in [3.63, 3.8) is 0 Å². The first-order chi connectivity index (χ1) is 10.0. The number of hydrogen-bond donors (Lipinski definition) is 1. The highest BCUT2D eigenvalue weighted by molar-refractivity contribution is 7.89. The van der Waals surface area contributed by atoms with Gasteiger partial charge in [-0.3, -0.25) is 4.90 Å². The van der Waals surface area contributed by atoms with Gasteiger partial charge in [-0.1, -0.05) is 0 Å². The molecule has 1 saturated carbocycles. The number of piperazine rings is 1. The fourth-order valence-corrected chi connectivity index (χ4v) is 4.29. The first-order valence-electron chi connectivity index (χ1n) is 7.06. The molecule has 0 atom stereocenters. The van der Waals surface area contributed by atoms with Gasteiger partial charge >= 0.3 is 0 Å². The molecule has 112 valence electrons. The molecule has 0 unspecified atom stereocenters. The predicted molar refractivity (Wildman–Crippen MR) is 78.9 cm³/mol. The number of benzene rings is 1. The van der Waals surface area contributed by atoms with Gasteiger partial charge in [0.15, 0.2) is 0 Å². The van der Waals surface area contributed by atoms with E-state index in [1.807, 2.05) is 6.07 Å². The maximum atomic E-state index is 12.7. The minimum atomic E-state index is -3.62. The molecular weight excluding hydrogens is 288 g/mol. The zero-order valence-corrected chi connectivity index (χ0v) is 12.5. The van der Waals surface area contributed by atoms with E-state index < -0.39 is 10.0 Å². The van der Waals surface area contributed by atoms with Crippen LogP contribution in [0.15, 0.2) is 23.1 Å². The fraction of sp³-hybridized carbons (Fsp3) is 0.500. The van der Waals surface area contributed by atoms with Gasteiger partial charge in [0.2, 0.25) is 10.0 Å². The Hall–Kier alpha value is -1.62. The van der Waals surface area contributed by atoms with Crippen molar-refractivity contribution in [2.45, 2.75) is 23.8 Å². The number of sulfonamides is 1. The summed E-state index contributed by atoms with van der Waals surface area (Å²) in [4.78, 5) is 2.40. The normalized spacial score (nSPS) is 21.1. The van der Waals surface area contributed by atoms with Crippen LogP contribution in [-0.4, -0.2) is 49.8 Å². The van der Waals surface area contributed by atoms with Crippen molar-refractivity contribution in [3.8, 4) is 6.07 Å². The van der Waals surface area contributed by atoms with E-state index in [2.05, 4.69) is 4.90 Å². The van der Waals surface area contributed by atoms with Crippen LogP contribution in [0.3, 0.4) is 0 Å². The summed E-state index contributed by atoms with van der Waals surface area (Å²) >= 11 is 0. The first kappa shape index (κ1) is 14.3. The highest BCUT2D eigenvalue weighted by atomic mass is 32.2. The fourth-order valence-electron chi connectivity index (χ4n) is 2.75. The quantitative estimate of drug-likeness (QED) is 0.826. The maximum absolute atomic E-state index is 12.7. The van der Waals surface area contributed by atoms with E-state index in [0.29, 0.717) is 24.8 Å². The van der Waals surface area contributed by atoms with Gasteiger partial charge in [-0.05, 0) is 31.0 Å². The number of rotatable bonds is 3. The SMILES string of the molecule is N#Cc1cc(N)ccc1S(=O)(=O)N1CCN(C2CC2)CC1. The van der Waals surface area contributed by atoms with Crippen molar-refractivity contribution >= 4 is 15.7 Å². The molecule has 6 nitrogen and oxygen atoms in total. The van der Waals surface area contributed by atoms with E-state index >= 15 is 0 Å². The molecule has 2 N–H and O–H groups in total. The number of nitriles is 1. The average molecular weight is 306 g/mol. The summed E-state index contributed by atoms with van der Waals surface area (Å²) in [6, 6.07) is 6.94. The van der Waals surface area contributed by atoms with E-state index in [-0.39, 0.29) is 10.5 Å². The molecular formula is C14H18N4O2S.